The smallest absolute Gasteiger partial charge is 0.410 e. The van der Waals surface area contributed by atoms with Gasteiger partial charge in [-0.2, -0.15) is 5.10 Å². The molecule has 0 spiro atoms. The molecule has 6 rings (SSSR count). The van der Waals surface area contributed by atoms with E-state index in [1.54, 1.807) is 0 Å². The van der Waals surface area contributed by atoms with E-state index in [1.807, 2.05) is 56.5 Å². The lowest BCUT2D eigenvalue weighted by atomic mass is 9.76. The summed E-state index contributed by atoms with van der Waals surface area (Å²) in [6.45, 7) is 13.1. The van der Waals surface area contributed by atoms with E-state index >= 15 is 0 Å². The lowest BCUT2D eigenvalue weighted by Crippen LogP contribution is -2.50. The Bertz CT molecular complexity index is 1410. The fraction of sp³-hybridized carbons (Fsp3) is 0.600. The number of piperazine rings is 1. The van der Waals surface area contributed by atoms with Gasteiger partial charge in [0.2, 0.25) is 0 Å². The molecular formula is C30H40N6O3. The van der Waals surface area contributed by atoms with E-state index in [0.29, 0.717) is 18.3 Å². The zero-order valence-corrected chi connectivity index (χ0v) is 23.9. The zero-order valence-electron chi connectivity index (χ0n) is 23.9. The molecule has 2 aromatic heterocycles. The maximum atomic E-state index is 12.7. The average molecular weight is 533 g/mol. The molecule has 208 valence electrons. The molecule has 1 N–H and O–H groups in total. The number of ether oxygens (including phenoxy) is 1. The number of hydrogen-bond donors (Lipinski definition) is 1. The Balaban J connectivity index is 1.27. The van der Waals surface area contributed by atoms with Gasteiger partial charge in [-0.05, 0) is 103 Å². The number of amides is 1. The maximum Gasteiger partial charge on any atom is 0.410 e. The SMILES string of the molecule is Cc1nc(N2CC3CC2CN3C(=O)OC(C)(C)C)cc(-n2ncc3cc(C)c([C@H]4CC[C@@](C)(O)CC4)cc32)n1. The van der Waals surface area contributed by atoms with Crippen LogP contribution in [0.3, 0.4) is 0 Å². The molecule has 0 radical (unpaired) electrons. The minimum Gasteiger partial charge on any atom is -0.444 e. The van der Waals surface area contributed by atoms with Crippen LogP contribution < -0.4 is 4.90 Å². The summed E-state index contributed by atoms with van der Waals surface area (Å²) in [4.78, 5) is 26.5. The van der Waals surface area contributed by atoms with Gasteiger partial charge in [-0.1, -0.05) is 0 Å². The summed E-state index contributed by atoms with van der Waals surface area (Å²) in [6, 6.07) is 6.85. The molecule has 2 bridgehead atoms. The third-order valence-corrected chi connectivity index (χ3v) is 8.65. The molecule has 9 nitrogen and oxygen atoms in total. The number of fused-ring (bicyclic) bond motifs is 3. The molecule has 2 atom stereocenters. The fourth-order valence-corrected chi connectivity index (χ4v) is 6.66. The number of rotatable bonds is 3. The van der Waals surface area contributed by atoms with Gasteiger partial charge in [0.1, 0.15) is 17.2 Å². The highest BCUT2D eigenvalue weighted by Gasteiger charge is 2.47. The Morgan fingerprint density at radius 3 is 2.44 bits per heavy atom. The molecule has 3 aliphatic rings. The predicted molar refractivity (Wildman–Crippen MR) is 150 cm³/mol. The Labute approximate surface area is 230 Å². The monoisotopic (exact) mass is 532 g/mol. The maximum absolute atomic E-state index is 12.7. The largest absolute Gasteiger partial charge is 0.444 e. The van der Waals surface area contributed by atoms with Gasteiger partial charge >= 0.3 is 6.09 Å². The highest BCUT2D eigenvalue weighted by molar-refractivity contribution is 5.82. The van der Waals surface area contributed by atoms with Crippen molar-refractivity contribution < 1.29 is 14.6 Å². The number of carbonyl (C=O) groups excluding carboxylic acids is 1. The third kappa shape index (κ3) is 4.97. The van der Waals surface area contributed by atoms with Crippen LogP contribution in [0.2, 0.25) is 0 Å². The molecule has 1 saturated carbocycles. The summed E-state index contributed by atoms with van der Waals surface area (Å²) in [5.41, 5.74) is 2.60. The molecule has 3 fully saturated rings. The number of likely N-dealkylation sites (tertiary alicyclic amines) is 1. The van der Waals surface area contributed by atoms with Crippen LogP contribution in [0.15, 0.2) is 24.4 Å². The van der Waals surface area contributed by atoms with Gasteiger partial charge < -0.3 is 19.6 Å². The fourth-order valence-electron chi connectivity index (χ4n) is 6.66. The normalized spacial score (nSPS) is 27.0. The molecular weight excluding hydrogens is 492 g/mol. The highest BCUT2D eigenvalue weighted by Crippen LogP contribution is 2.40. The van der Waals surface area contributed by atoms with Crippen molar-refractivity contribution in [1.29, 1.82) is 0 Å². The molecule has 3 aromatic rings. The number of aliphatic hydroxyl groups is 1. The van der Waals surface area contributed by atoms with Gasteiger partial charge in [0, 0.05) is 24.5 Å². The predicted octanol–water partition coefficient (Wildman–Crippen LogP) is 5.04. The second kappa shape index (κ2) is 9.18. The Kier molecular flexibility index (Phi) is 6.13. The minimum atomic E-state index is -0.551. The average Bonchev–Trinajstić information content (AvgIpc) is 3.56. The molecule has 1 amide bonds. The van der Waals surface area contributed by atoms with Crippen LogP contribution in [-0.4, -0.2) is 72.2 Å². The number of nitrogens with zero attached hydrogens (tertiary/aromatic N) is 6. The molecule has 4 heterocycles. The van der Waals surface area contributed by atoms with E-state index in [2.05, 4.69) is 24.0 Å². The van der Waals surface area contributed by atoms with Gasteiger partial charge in [-0.3, -0.25) is 0 Å². The molecule has 1 aromatic carbocycles. The minimum absolute atomic E-state index is 0.121. The van der Waals surface area contributed by atoms with E-state index in [9.17, 15) is 9.90 Å². The first-order chi connectivity index (χ1) is 18.4. The second-order valence-corrected chi connectivity index (χ2v) is 13.1. The molecule has 1 aliphatic carbocycles. The van der Waals surface area contributed by atoms with Gasteiger partial charge in [-0.15, -0.1) is 0 Å². The van der Waals surface area contributed by atoms with E-state index in [0.717, 1.165) is 61.2 Å². The quantitative estimate of drug-likeness (QED) is 0.505. The number of carbonyl (C=O) groups is 1. The highest BCUT2D eigenvalue weighted by atomic mass is 16.6. The Morgan fingerprint density at radius 2 is 1.77 bits per heavy atom. The molecule has 2 aliphatic heterocycles. The van der Waals surface area contributed by atoms with Crippen LogP contribution in [0, 0.1) is 13.8 Å². The number of anilines is 1. The lowest BCUT2D eigenvalue weighted by Gasteiger charge is -2.35. The van der Waals surface area contributed by atoms with Gasteiger partial charge in [0.05, 0.1) is 29.4 Å². The third-order valence-electron chi connectivity index (χ3n) is 8.65. The molecule has 2 unspecified atom stereocenters. The van der Waals surface area contributed by atoms with Crippen molar-refractivity contribution in [3.05, 3.63) is 41.3 Å². The van der Waals surface area contributed by atoms with Gasteiger partial charge in [0.15, 0.2) is 5.82 Å². The number of hydrogen-bond acceptors (Lipinski definition) is 7. The summed E-state index contributed by atoms with van der Waals surface area (Å²) in [7, 11) is 0. The van der Waals surface area contributed by atoms with Gasteiger partial charge in [-0.25, -0.2) is 19.4 Å². The summed E-state index contributed by atoms with van der Waals surface area (Å²) in [6.07, 6.45) is 6.22. The Hall–Kier alpha value is -3.20. The summed E-state index contributed by atoms with van der Waals surface area (Å²) in [5.74, 6) is 2.76. The first kappa shape index (κ1) is 26.0. The van der Waals surface area contributed by atoms with E-state index in [-0.39, 0.29) is 18.2 Å². The number of benzene rings is 1. The lowest BCUT2D eigenvalue weighted by molar-refractivity contribution is 0.0170. The number of aromatic nitrogens is 4. The van der Waals surface area contributed by atoms with Crippen LogP contribution >= 0.6 is 0 Å². The van der Waals surface area contributed by atoms with E-state index in [1.165, 1.54) is 11.1 Å². The topological polar surface area (TPSA) is 96.6 Å². The van der Waals surface area contributed by atoms with E-state index < -0.39 is 11.2 Å². The van der Waals surface area contributed by atoms with Crippen molar-refractivity contribution in [1.82, 2.24) is 24.6 Å². The van der Waals surface area contributed by atoms with Crippen molar-refractivity contribution >= 4 is 22.8 Å². The second-order valence-electron chi connectivity index (χ2n) is 13.1. The molecule has 2 saturated heterocycles. The van der Waals surface area contributed by atoms with Crippen molar-refractivity contribution in [2.24, 2.45) is 0 Å². The van der Waals surface area contributed by atoms with Crippen LogP contribution in [0.4, 0.5) is 10.6 Å². The van der Waals surface area contributed by atoms with Crippen molar-refractivity contribution in [3.8, 4) is 5.82 Å². The van der Waals surface area contributed by atoms with E-state index in [4.69, 9.17) is 19.8 Å². The summed E-state index contributed by atoms with van der Waals surface area (Å²) < 4.78 is 7.56. The van der Waals surface area contributed by atoms with Crippen molar-refractivity contribution in [2.75, 3.05) is 18.0 Å². The first-order valence-electron chi connectivity index (χ1n) is 14.2. The van der Waals surface area contributed by atoms with Crippen molar-refractivity contribution in [2.45, 2.75) is 103 Å². The summed E-state index contributed by atoms with van der Waals surface area (Å²) >= 11 is 0. The van der Waals surface area contributed by atoms with Crippen LogP contribution in [-0.2, 0) is 4.74 Å². The zero-order chi connectivity index (χ0) is 27.7. The van der Waals surface area contributed by atoms with Crippen molar-refractivity contribution in [3.63, 3.8) is 0 Å². The number of aryl methyl sites for hydroxylation is 2. The Morgan fingerprint density at radius 1 is 1.05 bits per heavy atom. The van der Waals surface area contributed by atoms with Crippen LogP contribution in [0.25, 0.3) is 16.7 Å². The van der Waals surface area contributed by atoms with Crippen LogP contribution in [0.1, 0.15) is 82.7 Å². The van der Waals surface area contributed by atoms with Crippen LogP contribution in [0.5, 0.6) is 0 Å². The molecule has 39 heavy (non-hydrogen) atoms. The summed E-state index contributed by atoms with van der Waals surface area (Å²) in [5, 5.41) is 16.3. The first-order valence-corrected chi connectivity index (χ1v) is 14.2. The van der Waals surface area contributed by atoms with Gasteiger partial charge in [0.25, 0.3) is 0 Å². The molecule has 9 heteroatoms. The standard InChI is InChI=1S/C30H40N6O3/c1-18-11-21-15-31-36(25(21)13-24(18)20-7-9-30(6,38)10-8-20)27-14-26(32-19(2)33-27)34-16-23-12-22(34)17-35(23)28(37)39-29(3,4)5/h11,13-15,20,22-23,38H,7-10,12,16-17H2,1-6H3/t20-,22?,23?,30+.